The largest absolute Gasteiger partial charge is 0.485 e. The van der Waals surface area contributed by atoms with Gasteiger partial charge in [0.15, 0.2) is 0 Å². The Labute approximate surface area is 155 Å². The Balaban J connectivity index is 1.84. The second kappa shape index (κ2) is 6.91. The summed E-state index contributed by atoms with van der Waals surface area (Å²) in [6.07, 6.45) is 3.44. The van der Waals surface area contributed by atoms with Gasteiger partial charge in [0.05, 0.1) is 10.7 Å². The average Bonchev–Trinajstić information content (AvgIpc) is 2.79. The van der Waals surface area contributed by atoms with Gasteiger partial charge >= 0.3 is 0 Å². The first-order chi connectivity index (χ1) is 11.7. The zero-order chi connectivity index (χ0) is 18.2. The van der Waals surface area contributed by atoms with E-state index >= 15 is 0 Å². The minimum atomic E-state index is -4.16. The number of para-hydroxylation sites is 1. The highest BCUT2D eigenvalue weighted by atomic mass is 32.2. The van der Waals surface area contributed by atoms with Crippen molar-refractivity contribution >= 4 is 50.4 Å². The highest BCUT2D eigenvalue weighted by Gasteiger charge is 2.33. The van der Waals surface area contributed by atoms with Crippen LogP contribution < -0.4 is 4.74 Å². The lowest BCUT2D eigenvalue weighted by molar-refractivity contribution is -0.122. The summed E-state index contributed by atoms with van der Waals surface area (Å²) in [5.41, 5.74) is 1.75. The fourth-order valence-electron chi connectivity index (χ4n) is 2.47. The first kappa shape index (κ1) is 18.1. The smallest absolute Gasteiger partial charge is 0.266 e. The summed E-state index contributed by atoms with van der Waals surface area (Å²) in [5, 5.41) is 0. The number of amides is 1. The number of thiocarbonyl (C=S) groups is 1. The summed E-state index contributed by atoms with van der Waals surface area (Å²) in [6, 6.07) is 7.60. The van der Waals surface area contributed by atoms with Gasteiger partial charge in [0, 0.05) is 12.1 Å². The van der Waals surface area contributed by atoms with Crippen molar-refractivity contribution in [2.45, 2.75) is 13.0 Å². The molecule has 0 saturated carbocycles. The van der Waals surface area contributed by atoms with Gasteiger partial charge in [-0.2, -0.15) is 8.42 Å². The minimum absolute atomic E-state index is 0.172. The number of ether oxygens (including phenoxy) is 1. The van der Waals surface area contributed by atoms with Gasteiger partial charge in [-0.25, -0.2) is 0 Å². The van der Waals surface area contributed by atoms with E-state index in [1.807, 2.05) is 37.3 Å². The molecule has 6 nitrogen and oxygen atoms in total. The molecule has 1 atom stereocenters. The Morgan fingerprint density at radius 1 is 1.40 bits per heavy atom. The summed E-state index contributed by atoms with van der Waals surface area (Å²) in [5.74, 6) is -0.138. The Kier molecular flexibility index (Phi) is 5.01. The monoisotopic (exact) mass is 397 g/mol. The van der Waals surface area contributed by atoms with Gasteiger partial charge in [-0.15, -0.1) is 0 Å². The molecule has 0 aromatic heterocycles. The van der Waals surface area contributed by atoms with E-state index in [0.29, 0.717) is 4.91 Å². The van der Waals surface area contributed by atoms with Crippen molar-refractivity contribution in [1.29, 1.82) is 0 Å². The number of nitrogens with zero attached hydrogens (tertiary/aromatic N) is 1. The van der Waals surface area contributed by atoms with E-state index in [1.54, 1.807) is 6.08 Å². The van der Waals surface area contributed by atoms with Crippen molar-refractivity contribution in [3.05, 3.63) is 46.4 Å². The third-order valence-electron chi connectivity index (χ3n) is 3.76. The lowest BCUT2D eigenvalue weighted by atomic mass is 10.0. The average molecular weight is 397 g/mol. The first-order valence-corrected chi connectivity index (χ1v) is 10.3. The molecule has 0 aliphatic carbocycles. The molecule has 1 fully saturated rings. The molecule has 1 saturated heterocycles. The maximum atomic E-state index is 12.5. The molecule has 0 radical (unpaired) electrons. The third kappa shape index (κ3) is 4.12. The molecule has 1 aromatic rings. The highest BCUT2D eigenvalue weighted by Crippen LogP contribution is 2.35. The summed E-state index contributed by atoms with van der Waals surface area (Å²) >= 11 is 6.25. The lowest BCUT2D eigenvalue weighted by Crippen LogP contribution is -2.32. The zero-order valence-electron chi connectivity index (χ0n) is 13.2. The van der Waals surface area contributed by atoms with E-state index in [4.69, 9.17) is 21.5 Å². The highest BCUT2D eigenvalue weighted by molar-refractivity contribution is 8.26. The molecule has 25 heavy (non-hydrogen) atoms. The zero-order valence-corrected chi connectivity index (χ0v) is 15.7. The predicted molar refractivity (Wildman–Crippen MR) is 101 cm³/mol. The van der Waals surface area contributed by atoms with E-state index in [0.717, 1.165) is 28.6 Å². The molecule has 0 spiro atoms. The number of carbonyl (C=O) groups excluding carboxylic acids is 1. The van der Waals surface area contributed by atoms with Gasteiger partial charge in [-0.1, -0.05) is 42.2 Å². The van der Waals surface area contributed by atoms with Gasteiger partial charge < -0.3 is 4.74 Å². The van der Waals surface area contributed by atoms with Crippen molar-refractivity contribution in [3.63, 3.8) is 0 Å². The van der Waals surface area contributed by atoms with Crippen LogP contribution in [0.2, 0.25) is 0 Å². The molecule has 1 unspecified atom stereocenters. The quantitative estimate of drug-likeness (QED) is 0.475. The Bertz CT molecular complexity index is 904. The number of benzene rings is 1. The van der Waals surface area contributed by atoms with Crippen molar-refractivity contribution < 1.29 is 22.5 Å². The van der Waals surface area contributed by atoms with Crippen LogP contribution in [0.3, 0.4) is 0 Å². The van der Waals surface area contributed by atoms with Crippen LogP contribution in [-0.4, -0.2) is 46.5 Å². The summed E-state index contributed by atoms with van der Waals surface area (Å²) < 4.78 is 36.7. The molecule has 2 aliphatic rings. The second-order valence-electron chi connectivity index (χ2n) is 5.56. The predicted octanol–water partition coefficient (Wildman–Crippen LogP) is 2.48. The maximum Gasteiger partial charge on any atom is 0.266 e. The van der Waals surface area contributed by atoms with E-state index in [1.165, 1.54) is 4.90 Å². The van der Waals surface area contributed by atoms with Crippen molar-refractivity contribution in [2.75, 3.05) is 12.3 Å². The van der Waals surface area contributed by atoms with Crippen LogP contribution in [0.15, 0.2) is 40.8 Å². The fraction of sp³-hybridized carbons (Fsp3) is 0.250. The molecule has 0 bridgehead atoms. The van der Waals surface area contributed by atoms with Gasteiger partial charge in [-0.05, 0) is 30.7 Å². The van der Waals surface area contributed by atoms with Crippen LogP contribution in [0.4, 0.5) is 0 Å². The van der Waals surface area contributed by atoms with Crippen LogP contribution in [0.5, 0.6) is 5.75 Å². The SMILES string of the molecule is CC1Oc2ccccc2C=C1C=C1SC(=S)N(CCS(=O)(=O)O)C1=O. The van der Waals surface area contributed by atoms with Crippen molar-refractivity contribution in [2.24, 2.45) is 0 Å². The molecular formula is C16H15NO5S3. The molecular weight excluding hydrogens is 382 g/mol. The Morgan fingerprint density at radius 2 is 2.12 bits per heavy atom. The molecule has 1 amide bonds. The number of carbonyl (C=O) groups is 1. The maximum absolute atomic E-state index is 12.5. The summed E-state index contributed by atoms with van der Waals surface area (Å²) in [4.78, 5) is 14.1. The van der Waals surface area contributed by atoms with Gasteiger partial charge in [0.2, 0.25) is 0 Å². The molecule has 1 N–H and O–H groups in total. The van der Waals surface area contributed by atoms with E-state index in [9.17, 15) is 13.2 Å². The van der Waals surface area contributed by atoms with Crippen molar-refractivity contribution in [3.8, 4) is 5.75 Å². The van der Waals surface area contributed by atoms with Crippen LogP contribution in [0, 0.1) is 0 Å². The van der Waals surface area contributed by atoms with Gasteiger partial charge in [0.1, 0.15) is 16.2 Å². The molecule has 2 aliphatic heterocycles. The van der Waals surface area contributed by atoms with Crippen LogP contribution >= 0.6 is 24.0 Å². The fourth-order valence-corrected chi connectivity index (χ4v) is 4.19. The minimum Gasteiger partial charge on any atom is -0.485 e. The Hall–Kier alpha value is -1.68. The van der Waals surface area contributed by atoms with E-state index in [-0.39, 0.29) is 22.9 Å². The van der Waals surface area contributed by atoms with E-state index in [2.05, 4.69) is 0 Å². The topological polar surface area (TPSA) is 83.9 Å². The standard InChI is InChI=1S/C16H15NO5S3/c1-10-12(8-11-4-2-3-5-13(11)22-10)9-14-15(18)17(16(23)24-14)6-7-25(19,20)21/h2-5,8-10H,6-7H2,1H3,(H,19,20,21). The van der Waals surface area contributed by atoms with Gasteiger partial charge in [-0.3, -0.25) is 14.2 Å². The molecule has 132 valence electrons. The molecule has 2 heterocycles. The second-order valence-corrected chi connectivity index (χ2v) is 8.81. The van der Waals surface area contributed by atoms with Crippen LogP contribution in [0.1, 0.15) is 12.5 Å². The number of hydrogen-bond acceptors (Lipinski definition) is 6. The van der Waals surface area contributed by atoms with Crippen LogP contribution in [0.25, 0.3) is 6.08 Å². The van der Waals surface area contributed by atoms with E-state index < -0.39 is 15.9 Å². The molecule has 9 heteroatoms. The lowest BCUT2D eigenvalue weighted by Gasteiger charge is -2.23. The van der Waals surface area contributed by atoms with Crippen LogP contribution in [-0.2, 0) is 14.9 Å². The number of fused-ring (bicyclic) bond motifs is 1. The first-order valence-electron chi connectivity index (χ1n) is 7.42. The summed E-state index contributed by atoms with van der Waals surface area (Å²) in [7, 11) is -4.16. The Morgan fingerprint density at radius 3 is 2.84 bits per heavy atom. The third-order valence-corrected chi connectivity index (χ3v) is 5.83. The number of hydrogen-bond donors (Lipinski definition) is 1. The normalized spacial score (nSPS) is 22.0. The molecule has 3 rings (SSSR count). The summed E-state index contributed by atoms with van der Waals surface area (Å²) in [6.45, 7) is 1.71. The van der Waals surface area contributed by atoms with Gasteiger partial charge in [0.25, 0.3) is 16.0 Å². The molecule has 1 aromatic carbocycles. The number of thioether (sulfide) groups is 1. The van der Waals surface area contributed by atoms with Crippen molar-refractivity contribution in [1.82, 2.24) is 4.90 Å². The number of rotatable bonds is 4.